The molecule has 0 aliphatic rings. The predicted molar refractivity (Wildman–Crippen MR) is 74.8 cm³/mol. The van der Waals surface area contributed by atoms with E-state index in [4.69, 9.17) is 14.6 Å². The van der Waals surface area contributed by atoms with Crippen LogP contribution in [-0.2, 0) is 14.3 Å². The summed E-state index contributed by atoms with van der Waals surface area (Å²) in [5.74, 6) is -1.01. The quantitative estimate of drug-likeness (QED) is 0.466. The number of nitrogens with one attached hydrogen (secondary N) is 2. The average molecular weight is 290 g/mol. The molecule has 0 radical (unpaired) electrons. The fraction of sp³-hybridized carbons (Fsp3) is 0.846. The van der Waals surface area contributed by atoms with E-state index in [0.29, 0.717) is 39.2 Å². The molecular weight excluding hydrogens is 264 g/mol. The Balaban J connectivity index is 3.55. The number of carbonyl (C=O) groups is 2. The first-order valence-electron chi connectivity index (χ1n) is 6.95. The highest BCUT2D eigenvalue weighted by Crippen LogP contribution is 1.96. The molecule has 118 valence electrons. The van der Waals surface area contributed by atoms with Crippen molar-refractivity contribution < 1.29 is 24.2 Å². The van der Waals surface area contributed by atoms with Gasteiger partial charge < -0.3 is 25.2 Å². The van der Waals surface area contributed by atoms with Crippen LogP contribution in [0.4, 0.5) is 4.79 Å². The number of urea groups is 1. The normalized spacial score (nSPS) is 11.9. The van der Waals surface area contributed by atoms with E-state index in [1.165, 1.54) is 0 Å². The van der Waals surface area contributed by atoms with Gasteiger partial charge in [0.25, 0.3) is 0 Å². The molecule has 0 saturated carbocycles. The van der Waals surface area contributed by atoms with E-state index in [2.05, 4.69) is 10.6 Å². The van der Waals surface area contributed by atoms with Crippen LogP contribution in [-0.4, -0.2) is 56.6 Å². The SMILES string of the molecule is CCC[C@H](NC(=O)NCCCCOCCOC)C(=O)O. The molecule has 0 fully saturated rings. The summed E-state index contributed by atoms with van der Waals surface area (Å²) in [4.78, 5) is 22.3. The molecule has 0 aromatic heterocycles. The summed E-state index contributed by atoms with van der Waals surface area (Å²) in [6.07, 6.45) is 2.75. The molecule has 0 spiro atoms. The molecule has 0 aromatic rings. The lowest BCUT2D eigenvalue weighted by atomic mass is 10.2. The van der Waals surface area contributed by atoms with E-state index in [9.17, 15) is 9.59 Å². The molecule has 0 aliphatic heterocycles. The summed E-state index contributed by atoms with van der Waals surface area (Å²) in [6, 6.07) is -1.26. The van der Waals surface area contributed by atoms with Gasteiger partial charge in [0.05, 0.1) is 13.2 Å². The van der Waals surface area contributed by atoms with Crippen LogP contribution < -0.4 is 10.6 Å². The summed E-state index contributed by atoms with van der Waals surface area (Å²) < 4.78 is 10.1. The number of hydrogen-bond donors (Lipinski definition) is 3. The molecule has 20 heavy (non-hydrogen) atoms. The number of carboxylic acid groups (broad SMARTS) is 1. The third-order valence-electron chi connectivity index (χ3n) is 2.61. The summed E-state index contributed by atoms with van der Waals surface area (Å²) in [5, 5.41) is 14.0. The molecule has 0 aromatic carbocycles. The van der Waals surface area contributed by atoms with Crippen molar-refractivity contribution in [1.29, 1.82) is 0 Å². The van der Waals surface area contributed by atoms with Gasteiger partial charge in [-0.05, 0) is 19.3 Å². The first-order chi connectivity index (χ1) is 9.61. The van der Waals surface area contributed by atoms with Gasteiger partial charge in [-0.15, -0.1) is 0 Å². The molecule has 1 atom stereocenters. The summed E-state index contributed by atoms with van der Waals surface area (Å²) in [5.41, 5.74) is 0. The van der Waals surface area contributed by atoms with Crippen LogP contribution in [0, 0.1) is 0 Å². The molecule has 0 aliphatic carbocycles. The second kappa shape index (κ2) is 12.7. The van der Waals surface area contributed by atoms with Gasteiger partial charge in [0, 0.05) is 20.3 Å². The average Bonchev–Trinajstić information content (AvgIpc) is 2.41. The van der Waals surface area contributed by atoms with Gasteiger partial charge in [0.2, 0.25) is 0 Å². The summed E-state index contributed by atoms with van der Waals surface area (Å²) in [6.45, 7) is 4.15. The van der Waals surface area contributed by atoms with E-state index in [1.807, 2.05) is 6.92 Å². The van der Waals surface area contributed by atoms with Gasteiger partial charge in [-0.2, -0.15) is 0 Å². The zero-order chi connectivity index (χ0) is 15.2. The predicted octanol–water partition coefficient (Wildman–Crippen LogP) is 0.982. The largest absolute Gasteiger partial charge is 0.480 e. The number of unbranched alkanes of at least 4 members (excludes halogenated alkanes) is 1. The van der Waals surface area contributed by atoms with Crippen LogP contribution in [0.15, 0.2) is 0 Å². The minimum absolute atomic E-state index is 0.427. The minimum atomic E-state index is -1.01. The topological polar surface area (TPSA) is 96.9 Å². The Bertz CT molecular complexity index is 273. The molecule has 3 N–H and O–H groups in total. The number of carbonyl (C=O) groups excluding carboxylic acids is 1. The van der Waals surface area contributed by atoms with Crippen LogP contribution in [0.5, 0.6) is 0 Å². The number of hydrogen-bond acceptors (Lipinski definition) is 4. The van der Waals surface area contributed by atoms with E-state index in [0.717, 1.165) is 12.8 Å². The van der Waals surface area contributed by atoms with Crippen molar-refractivity contribution in [3.05, 3.63) is 0 Å². The van der Waals surface area contributed by atoms with Gasteiger partial charge in [-0.3, -0.25) is 0 Å². The molecule has 0 heterocycles. The Kier molecular flexibility index (Phi) is 11.8. The highest BCUT2D eigenvalue weighted by Gasteiger charge is 2.18. The number of carboxylic acids is 1. The Morgan fingerprint density at radius 1 is 1.20 bits per heavy atom. The van der Waals surface area contributed by atoms with Gasteiger partial charge in [0.15, 0.2) is 0 Å². The molecule has 0 unspecified atom stereocenters. The van der Waals surface area contributed by atoms with E-state index >= 15 is 0 Å². The van der Waals surface area contributed by atoms with Crippen LogP contribution >= 0.6 is 0 Å². The lowest BCUT2D eigenvalue weighted by Crippen LogP contribution is -2.46. The number of rotatable bonds is 12. The van der Waals surface area contributed by atoms with E-state index in [-0.39, 0.29) is 0 Å². The van der Waals surface area contributed by atoms with Crippen molar-refractivity contribution in [3.63, 3.8) is 0 Å². The van der Waals surface area contributed by atoms with Crippen molar-refractivity contribution in [1.82, 2.24) is 10.6 Å². The highest BCUT2D eigenvalue weighted by atomic mass is 16.5. The van der Waals surface area contributed by atoms with Crippen LogP contribution in [0.3, 0.4) is 0 Å². The van der Waals surface area contributed by atoms with Crippen LogP contribution in [0.2, 0.25) is 0 Å². The van der Waals surface area contributed by atoms with Gasteiger partial charge >= 0.3 is 12.0 Å². The third kappa shape index (κ3) is 10.6. The zero-order valence-electron chi connectivity index (χ0n) is 12.3. The van der Waals surface area contributed by atoms with Gasteiger partial charge in [0.1, 0.15) is 6.04 Å². The Morgan fingerprint density at radius 2 is 1.95 bits per heavy atom. The van der Waals surface area contributed by atoms with Crippen molar-refractivity contribution in [2.45, 2.75) is 38.6 Å². The van der Waals surface area contributed by atoms with Gasteiger partial charge in [-0.25, -0.2) is 9.59 Å². The summed E-state index contributed by atoms with van der Waals surface area (Å²) >= 11 is 0. The monoisotopic (exact) mass is 290 g/mol. The molecular formula is C13H26N2O5. The van der Waals surface area contributed by atoms with E-state index < -0.39 is 18.0 Å². The maximum Gasteiger partial charge on any atom is 0.326 e. The third-order valence-corrected chi connectivity index (χ3v) is 2.61. The fourth-order valence-corrected chi connectivity index (χ4v) is 1.53. The van der Waals surface area contributed by atoms with E-state index in [1.54, 1.807) is 7.11 Å². The first kappa shape index (κ1) is 18.7. The standard InChI is InChI=1S/C13H26N2O5/c1-3-6-11(12(16)17)15-13(18)14-7-4-5-8-20-10-9-19-2/h11H,3-10H2,1-2H3,(H,16,17)(H2,14,15,18)/t11-/m0/s1. The van der Waals surface area contributed by atoms with Crippen molar-refractivity contribution >= 4 is 12.0 Å². The van der Waals surface area contributed by atoms with Crippen LogP contribution in [0.1, 0.15) is 32.6 Å². The second-order valence-electron chi connectivity index (χ2n) is 4.39. The van der Waals surface area contributed by atoms with Crippen molar-refractivity contribution in [2.75, 3.05) is 33.5 Å². The second-order valence-corrected chi connectivity index (χ2v) is 4.39. The molecule has 7 nitrogen and oxygen atoms in total. The lowest BCUT2D eigenvalue weighted by Gasteiger charge is -2.14. The number of methoxy groups -OCH3 is 1. The fourth-order valence-electron chi connectivity index (χ4n) is 1.53. The Morgan fingerprint density at radius 3 is 2.55 bits per heavy atom. The molecule has 2 amide bonds. The molecule has 7 heteroatoms. The Labute approximate surface area is 120 Å². The molecule has 0 bridgehead atoms. The maximum atomic E-state index is 11.5. The first-order valence-corrected chi connectivity index (χ1v) is 6.95. The van der Waals surface area contributed by atoms with Gasteiger partial charge in [-0.1, -0.05) is 13.3 Å². The zero-order valence-corrected chi connectivity index (χ0v) is 12.3. The highest BCUT2D eigenvalue weighted by molar-refractivity contribution is 5.82. The van der Waals surface area contributed by atoms with Crippen LogP contribution in [0.25, 0.3) is 0 Å². The Hall–Kier alpha value is -1.34. The van der Waals surface area contributed by atoms with Crippen molar-refractivity contribution in [3.8, 4) is 0 Å². The lowest BCUT2D eigenvalue weighted by molar-refractivity contribution is -0.139. The number of ether oxygens (including phenoxy) is 2. The number of aliphatic carboxylic acids is 1. The molecule has 0 saturated heterocycles. The molecule has 0 rings (SSSR count). The van der Waals surface area contributed by atoms with Crippen molar-refractivity contribution in [2.24, 2.45) is 0 Å². The minimum Gasteiger partial charge on any atom is -0.480 e. The maximum absolute atomic E-state index is 11.5. The number of amides is 2. The summed E-state index contributed by atoms with van der Waals surface area (Å²) in [7, 11) is 1.62. The smallest absolute Gasteiger partial charge is 0.326 e.